The Morgan fingerprint density at radius 3 is 0.732 bits per heavy atom. The molecule has 0 aromatic rings. The van der Waals surface area contributed by atoms with E-state index in [4.69, 9.17) is 0 Å². The number of amides is 1. The Kier molecular flexibility index (Phi) is 62.6. The Labute approximate surface area is 447 Å². The van der Waals surface area contributed by atoms with Crippen LogP contribution in [0.1, 0.15) is 393 Å². The number of hydrogen-bond acceptors (Lipinski definition) is 3. The second kappa shape index (κ2) is 63.4. The molecule has 71 heavy (non-hydrogen) atoms. The number of allylic oxidation sites excluding steroid dienone is 1. The lowest BCUT2D eigenvalue weighted by molar-refractivity contribution is -0.123. The first-order valence-electron chi connectivity index (χ1n) is 33.4. The van der Waals surface area contributed by atoms with Crippen LogP contribution in [0.15, 0.2) is 12.2 Å². The molecule has 0 aromatic heterocycles. The van der Waals surface area contributed by atoms with Crippen LogP contribution in [0.2, 0.25) is 0 Å². The van der Waals surface area contributed by atoms with E-state index in [-0.39, 0.29) is 12.5 Å². The molecule has 0 rings (SSSR count). The van der Waals surface area contributed by atoms with Gasteiger partial charge in [0.05, 0.1) is 18.8 Å². The van der Waals surface area contributed by atoms with Crippen molar-refractivity contribution in [2.45, 2.75) is 405 Å². The van der Waals surface area contributed by atoms with Crippen molar-refractivity contribution >= 4 is 5.91 Å². The highest BCUT2D eigenvalue weighted by atomic mass is 16.3. The SMILES string of the molecule is CCCCCCCCCCCCCCCCCCCCCCCCCCCC/C=C/C(O)C(CO)NC(=O)CCCCCCCCCCCCCCCCCCCCCCCCCCCCCCCCC. The summed E-state index contributed by atoms with van der Waals surface area (Å²) in [6, 6.07) is -0.619. The van der Waals surface area contributed by atoms with E-state index in [1.807, 2.05) is 6.08 Å². The van der Waals surface area contributed by atoms with Gasteiger partial charge in [0.2, 0.25) is 5.91 Å². The molecule has 3 N–H and O–H groups in total. The smallest absolute Gasteiger partial charge is 0.220 e. The van der Waals surface area contributed by atoms with Gasteiger partial charge in [-0.05, 0) is 19.3 Å². The maximum absolute atomic E-state index is 12.5. The number of unbranched alkanes of at least 4 members (excludes halogenated alkanes) is 56. The summed E-state index contributed by atoms with van der Waals surface area (Å²) in [7, 11) is 0. The second-order valence-electron chi connectivity index (χ2n) is 23.3. The number of aliphatic hydroxyl groups is 2. The zero-order valence-corrected chi connectivity index (χ0v) is 49.0. The largest absolute Gasteiger partial charge is 0.394 e. The van der Waals surface area contributed by atoms with Crippen LogP contribution in [0.3, 0.4) is 0 Å². The summed E-state index contributed by atoms with van der Waals surface area (Å²) in [6.07, 6.45) is 84.3. The lowest BCUT2D eigenvalue weighted by Gasteiger charge is -2.20. The number of rotatable bonds is 63. The molecule has 0 aliphatic heterocycles. The molecule has 0 fully saturated rings. The van der Waals surface area contributed by atoms with E-state index in [1.165, 1.54) is 347 Å². The monoisotopic (exact) mass is 1000 g/mol. The maximum Gasteiger partial charge on any atom is 0.220 e. The standard InChI is InChI=1S/C67H133NO3/c1-3-5-7-9-11-13-15-17-19-21-23-25-27-29-31-33-34-35-37-39-41-43-45-47-49-51-53-55-57-59-61-63-67(71)68-65(64-69)66(70)62-60-58-56-54-52-50-48-46-44-42-40-38-36-32-30-28-26-24-22-20-18-16-14-12-10-8-6-4-2/h60,62,65-66,69-70H,3-59,61,63-64H2,1-2H3,(H,68,71)/b62-60+. The zero-order chi connectivity index (χ0) is 51.3. The number of nitrogens with one attached hydrogen (secondary N) is 1. The van der Waals surface area contributed by atoms with Gasteiger partial charge >= 0.3 is 0 Å². The summed E-state index contributed by atoms with van der Waals surface area (Å²) in [5.41, 5.74) is 0. The van der Waals surface area contributed by atoms with E-state index in [9.17, 15) is 15.0 Å². The van der Waals surface area contributed by atoms with Crippen molar-refractivity contribution in [3.8, 4) is 0 Å². The van der Waals surface area contributed by atoms with Crippen LogP contribution < -0.4 is 5.32 Å². The van der Waals surface area contributed by atoms with Crippen molar-refractivity contribution in [3.63, 3.8) is 0 Å². The molecule has 1 amide bonds. The summed E-state index contributed by atoms with van der Waals surface area (Å²) >= 11 is 0. The predicted molar refractivity (Wildman–Crippen MR) is 318 cm³/mol. The van der Waals surface area contributed by atoms with Crippen molar-refractivity contribution in [1.82, 2.24) is 5.32 Å². The first-order chi connectivity index (χ1) is 35.2. The molecular weight excluding hydrogens is 867 g/mol. The molecule has 4 heteroatoms. The van der Waals surface area contributed by atoms with E-state index in [0.717, 1.165) is 25.7 Å². The Morgan fingerprint density at radius 1 is 0.324 bits per heavy atom. The molecule has 424 valence electrons. The first-order valence-corrected chi connectivity index (χ1v) is 33.4. The average Bonchev–Trinajstić information content (AvgIpc) is 3.37. The molecule has 0 saturated carbocycles. The fourth-order valence-electron chi connectivity index (χ4n) is 11.0. The van der Waals surface area contributed by atoms with E-state index < -0.39 is 12.1 Å². The van der Waals surface area contributed by atoms with Crippen LogP contribution in [0, 0.1) is 0 Å². The number of carbonyl (C=O) groups excluding carboxylic acids is 1. The van der Waals surface area contributed by atoms with Gasteiger partial charge in [-0.15, -0.1) is 0 Å². The molecule has 0 radical (unpaired) electrons. The molecule has 0 bridgehead atoms. The molecule has 2 unspecified atom stereocenters. The number of hydrogen-bond donors (Lipinski definition) is 3. The average molecular weight is 1000 g/mol. The van der Waals surface area contributed by atoms with Crippen LogP contribution in [0.4, 0.5) is 0 Å². The Hall–Kier alpha value is -0.870. The number of aliphatic hydroxyl groups excluding tert-OH is 2. The van der Waals surface area contributed by atoms with Crippen LogP contribution in [-0.4, -0.2) is 34.9 Å². The Bertz CT molecular complexity index is 998. The van der Waals surface area contributed by atoms with Gasteiger partial charge in [0, 0.05) is 6.42 Å². The molecule has 0 aliphatic carbocycles. The van der Waals surface area contributed by atoms with E-state index >= 15 is 0 Å². The maximum atomic E-state index is 12.5. The minimum atomic E-state index is -0.837. The van der Waals surface area contributed by atoms with Gasteiger partial charge < -0.3 is 15.5 Å². The molecular formula is C67H133NO3. The highest BCUT2D eigenvalue weighted by Crippen LogP contribution is 2.19. The topological polar surface area (TPSA) is 69.6 Å². The molecule has 0 heterocycles. The fraction of sp³-hybridized carbons (Fsp3) is 0.955. The number of carbonyl (C=O) groups is 1. The van der Waals surface area contributed by atoms with E-state index in [0.29, 0.717) is 6.42 Å². The summed E-state index contributed by atoms with van der Waals surface area (Å²) in [5.74, 6) is -0.0534. The molecule has 0 aliphatic rings. The van der Waals surface area contributed by atoms with Crippen molar-refractivity contribution < 1.29 is 15.0 Å². The lowest BCUT2D eigenvalue weighted by atomic mass is 10.0. The normalized spacial score (nSPS) is 12.7. The van der Waals surface area contributed by atoms with Crippen molar-refractivity contribution in [3.05, 3.63) is 12.2 Å². The highest BCUT2D eigenvalue weighted by Gasteiger charge is 2.18. The van der Waals surface area contributed by atoms with Gasteiger partial charge in [-0.25, -0.2) is 0 Å². The van der Waals surface area contributed by atoms with Gasteiger partial charge in [0.15, 0.2) is 0 Å². The molecule has 2 atom stereocenters. The molecule has 0 aromatic carbocycles. The predicted octanol–water partition coefficient (Wildman–Crippen LogP) is 22.4. The minimum Gasteiger partial charge on any atom is -0.394 e. The summed E-state index contributed by atoms with van der Waals surface area (Å²) in [6.45, 7) is 4.37. The molecule has 4 nitrogen and oxygen atoms in total. The van der Waals surface area contributed by atoms with Crippen LogP contribution in [-0.2, 0) is 4.79 Å². The fourth-order valence-corrected chi connectivity index (χ4v) is 11.0. The zero-order valence-electron chi connectivity index (χ0n) is 49.0. The third-order valence-corrected chi connectivity index (χ3v) is 16.0. The van der Waals surface area contributed by atoms with E-state index in [2.05, 4.69) is 19.2 Å². The molecule has 0 saturated heterocycles. The molecule has 0 spiro atoms. The van der Waals surface area contributed by atoms with Crippen molar-refractivity contribution in [2.24, 2.45) is 0 Å². The minimum absolute atomic E-state index is 0.0534. The van der Waals surface area contributed by atoms with Gasteiger partial charge in [-0.3, -0.25) is 4.79 Å². The van der Waals surface area contributed by atoms with Crippen LogP contribution >= 0.6 is 0 Å². The van der Waals surface area contributed by atoms with Crippen molar-refractivity contribution in [2.75, 3.05) is 6.61 Å². The second-order valence-corrected chi connectivity index (χ2v) is 23.3. The van der Waals surface area contributed by atoms with Gasteiger partial charge in [0.1, 0.15) is 0 Å². The first kappa shape index (κ1) is 70.1. The summed E-state index contributed by atoms with van der Waals surface area (Å²) < 4.78 is 0. The third kappa shape index (κ3) is 59.9. The quantitative estimate of drug-likeness (QED) is 0.0420. The van der Waals surface area contributed by atoms with Gasteiger partial charge in [0.25, 0.3) is 0 Å². The van der Waals surface area contributed by atoms with Crippen LogP contribution in [0.25, 0.3) is 0 Å². The van der Waals surface area contributed by atoms with Gasteiger partial charge in [-0.2, -0.15) is 0 Å². The van der Waals surface area contributed by atoms with E-state index in [1.54, 1.807) is 6.08 Å². The third-order valence-electron chi connectivity index (χ3n) is 16.0. The lowest BCUT2D eigenvalue weighted by Crippen LogP contribution is -2.45. The van der Waals surface area contributed by atoms with Gasteiger partial charge in [-0.1, -0.05) is 379 Å². The summed E-state index contributed by atoms with van der Waals surface area (Å²) in [5, 5.41) is 23.3. The van der Waals surface area contributed by atoms with Crippen LogP contribution in [0.5, 0.6) is 0 Å². The highest BCUT2D eigenvalue weighted by molar-refractivity contribution is 5.76. The van der Waals surface area contributed by atoms with Crippen molar-refractivity contribution in [1.29, 1.82) is 0 Å². The Morgan fingerprint density at radius 2 is 0.521 bits per heavy atom. The Balaban J connectivity index is 3.40. The summed E-state index contributed by atoms with van der Waals surface area (Å²) in [4.78, 5) is 12.5.